The van der Waals surface area contributed by atoms with Crippen molar-refractivity contribution < 1.29 is 9.53 Å². The second kappa shape index (κ2) is 4.49. The van der Waals surface area contributed by atoms with E-state index in [2.05, 4.69) is 4.90 Å². The Hall–Kier alpha value is -0.610. The molecule has 1 heterocycles. The van der Waals surface area contributed by atoms with Crippen molar-refractivity contribution in [2.24, 2.45) is 23.0 Å². The van der Waals surface area contributed by atoms with Crippen LogP contribution in [0, 0.1) is 17.3 Å². The van der Waals surface area contributed by atoms with Crippen molar-refractivity contribution in [1.82, 2.24) is 4.90 Å². The molecule has 18 heavy (non-hydrogen) atoms. The van der Waals surface area contributed by atoms with E-state index in [0.29, 0.717) is 13.2 Å². The van der Waals surface area contributed by atoms with Crippen LogP contribution in [-0.4, -0.2) is 43.2 Å². The fourth-order valence-electron chi connectivity index (χ4n) is 2.73. The standard InChI is InChI=1S/C14H24N2O2/c1-14(9-18-8-12(14)15)13(17)16(6-10-2-3-10)7-11-4-5-11/h10-12H,2-9,15H2,1H3. The molecule has 0 spiro atoms. The van der Waals surface area contributed by atoms with Crippen molar-refractivity contribution in [3.8, 4) is 0 Å². The Morgan fingerprint density at radius 2 is 1.83 bits per heavy atom. The van der Waals surface area contributed by atoms with Gasteiger partial charge in [0.1, 0.15) is 0 Å². The molecule has 2 saturated carbocycles. The normalized spacial score (nSPS) is 35.8. The second-order valence-corrected chi connectivity index (χ2v) is 6.64. The number of rotatable bonds is 5. The molecule has 2 unspecified atom stereocenters. The third kappa shape index (κ3) is 2.41. The van der Waals surface area contributed by atoms with Crippen LogP contribution in [0.25, 0.3) is 0 Å². The average Bonchev–Trinajstić information content (AvgIpc) is 3.23. The molecule has 4 heteroatoms. The molecule has 3 aliphatic rings. The third-order valence-electron chi connectivity index (χ3n) is 4.64. The smallest absolute Gasteiger partial charge is 0.232 e. The van der Waals surface area contributed by atoms with Crippen LogP contribution in [0.1, 0.15) is 32.6 Å². The van der Waals surface area contributed by atoms with E-state index in [0.717, 1.165) is 24.9 Å². The summed E-state index contributed by atoms with van der Waals surface area (Å²) in [6.45, 7) is 4.86. The third-order valence-corrected chi connectivity index (χ3v) is 4.64. The summed E-state index contributed by atoms with van der Waals surface area (Å²) in [4.78, 5) is 14.9. The Kier molecular flexibility index (Phi) is 3.10. The molecular formula is C14H24N2O2. The highest BCUT2D eigenvalue weighted by atomic mass is 16.5. The molecule has 2 aliphatic carbocycles. The number of hydrogen-bond donors (Lipinski definition) is 1. The molecule has 1 saturated heterocycles. The minimum Gasteiger partial charge on any atom is -0.379 e. The molecule has 0 bridgehead atoms. The largest absolute Gasteiger partial charge is 0.379 e. The highest BCUT2D eigenvalue weighted by molar-refractivity contribution is 5.83. The summed E-state index contributed by atoms with van der Waals surface area (Å²) < 4.78 is 5.41. The van der Waals surface area contributed by atoms with Gasteiger partial charge in [-0.05, 0) is 44.4 Å². The highest BCUT2D eigenvalue weighted by Gasteiger charge is 2.47. The van der Waals surface area contributed by atoms with E-state index in [4.69, 9.17) is 10.5 Å². The van der Waals surface area contributed by atoms with Gasteiger partial charge in [-0.2, -0.15) is 0 Å². The SMILES string of the molecule is CC1(C(=O)N(CC2CC2)CC2CC2)COCC1N. The van der Waals surface area contributed by atoms with Gasteiger partial charge in [0.2, 0.25) is 5.91 Å². The number of amides is 1. The zero-order valence-electron chi connectivity index (χ0n) is 11.2. The van der Waals surface area contributed by atoms with Crippen LogP contribution >= 0.6 is 0 Å². The fraction of sp³-hybridized carbons (Fsp3) is 0.929. The Bertz CT molecular complexity index is 325. The van der Waals surface area contributed by atoms with Gasteiger partial charge < -0.3 is 15.4 Å². The van der Waals surface area contributed by atoms with E-state index in [1.807, 2.05) is 6.92 Å². The van der Waals surface area contributed by atoms with Crippen LogP contribution < -0.4 is 5.73 Å². The second-order valence-electron chi connectivity index (χ2n) is 6.64. The van der Waals surface area contributed by atoms with Crippen LogP contribution in [0.15, 0.2) is 0 Å². The van der Waals surface area contributed by atoms with Crippen LogP contribution in [-0.2, 0) is 9.53 Å². The Balaban J connectivity index is 1.68. The van der Waals surface area contributed by atoms with Crippen molar-refractivity contribution in [2.45, 2.75) is 38.6 Å². The predicted octanol–water partition coefficient (Wildman–Crippen LogP) is 0.999. The molecular weight excluding hydrogens is 228 g/mol. The lowest BCUT2D eigenvalue weighted by atomic mass is 9.84. The Morgan fingerprint density at radius 1 is 1.28 bits per heavy atom. The van der Waals surface area contributed by atoms with Gasteiger partial charge in [-0.3, -0.25) is 4.79 Å². The molecule has 0 aromatic carbocycles. The monoisotopic (exact) mass is 252 g/mol. The lowest BCUT2D eigenvalue weighted by molar-refractivity contribution is -0.142. The summed E-state index contributed by atoms with van der Waals surface area (Å²) in [7, 11) is 0. The fourth-order valence-corrected chi connectivity index (χ4v) is 2.73. The van der Waals surface area contributed by atoms with Gasteiger partial charge in [0.15, 0.2) is 0 Å². The molecule has 0 radical (unpaired) electrons. The molecule has 0 aromatic heterocycles. The quantitative estimate of drug-likeness (QED) is 0.794. The zero-order valence-corrected chi connectivity index (χ0v) is 11.2. The summed E-state index contributed by atoms with van der Waals surface area (Å²) in [5, 5.41) is 0. The summed E-state index contributed by atoms with van der Waals surface area (Å²) in [5.74, 6) is 1.72. The van der Waals surface area contributed by atoms with E-state index < -0.39 is 5.41 Å². The number of carbonyl (C=O) groups excluding carboxylic acids is 1. The minimum atomic E-state index is -0.496. The molecule has 4 nitrogen and oxygen atoms in total. The van der Waals surface area contributed by atoms with E-state index in [9.17, 15) is 4.79 Å². The van der Waals surface area contributed by atoms with Crippen LogP contribution in [0.3, 0.4) is 0 Å². The molecule has 3 rings (SSSR count). The van der Waals surface area contributed by atoms with E-state index >= 15 is 0 Å². The van der Waals surface area contributed by atoms with E-state index in [1.165, 1.54) is 25.7 Å². The first-order chi connectivity index (χ1) is 8.59. The zero-order chi connectivity index (χ0) is 12.8. The summed E-state index contributed by atoms with van der Waals surface area (Å²) in [6.07, 6.45) is 5.14. The minimum absolute atomic E-state index is 0.147. The maximum atomic E-state index is 12.8. The lowest BCUT2D eigenvalue weighted by Gasteiger charge is -2.33. The lowest BCUT2D eigenvalue weighted by Crippen LogP contribution is -2.52. The van der Waals surface area contributed by atoms with Gasteiger partial charge in [-0.25, -0.2) is 0 Å². The van der Waals surface area contributed by atoms with Crippen molar-refractivity contribution in [1.29, 1.82) is 0 Å². The summed E-state index contributed by atoms with van der Waals surface area (Å²) in [6, 6.07) is -0.147. The molecule has 102 valence electrons. The number of ether oxygens (including phenoxy) is 1. The number of nitrogens with zero attached hydrogens (tertiary/aromatic N) is 1. The van der Waals surface area contributed by atoms with E-state index in [-0.39, 0.29) is 11.9 Å². The molecule has 2 atom stereocenters. The van der Waals surface area contributed by atoms with E-state index in [1.54, 1.807) is 0 Å². The van der Waals surface area contributed by atoms with Crippen LogP contribution in [0.4, 0.5) is 0 Å². The van der Waals surface area contributed by atoms with Crippen LogP contribution in [0.5, 0.6) is 0 Å². The summed E-state index contributed by atoms with van der Waals surface area (Å²) >= 11 is 0. The first-order valence-corrected chi connectivity index (χ1v) is 7.22. The molecule has 1 aliphatic heterocycles. The van der Waals surface area contributed by atoms with Gasteiger partial charge in [0.25, 0.3) is 0 Å². The predicted molar refractivity (Wildman–Crippen MR) is 68.9 cm³/mol. The molecule has 3 fully saturated rings. The molecule has 1 amide bonds. The van der Waals surface area contributed by atoms with Gasteiger partial charge in [0.05, 0.1) is 18.6 Å². The first kappa shape index (κ1) is 12.4. The van der Waals surface area contributed by atoms with Crippen molar-refractivity contribution in [3.05, 3.63) is 0 Å². The van der Waals surface area contributed by atoms with Crippen molar-refractivity contribution in [2.75, 3.05) is 26.3 Å². The maximum absolute atomic E-state index is 12.8. The molecule has 0 aromatic rings. The average molecular weight is 252 g/mol. The highest BCUT2D eigenvalue weighted by Crippen LogP contribution is 2.37. The molecule has 2 N–H and O–H groups in total. The topological polar surface area (TPSA) is 55.6 Å². The number of carbonyl (C=O) groups is 1. The number of hydrogen-bond acceptors (Lipinski definition) is 3. The van der Waals surface area contributed by atoms with Crippen LogP contribution in [0.2, 0.25) is 0 Å². The van der Waals surface area contributed by atoms with Gasteiger partial charge in [0, 0.05) is 19.1 Å². The van der Waals surface area contributed by atoms with Crippen molar-refractivity contribution in [3.63, 3.8) is 0 Å². The van der Waals surface area contributed by atoms with Crippen molar-refractivity contribution >= 4 is 5.91 Å². The Labute approximate surface area is 109 Å². The first-order valence-electron chi connectivity index (χ1n) is 7.22. The van der Waals surface area contributed by atoms with Gasteiger partial charge in [-0.15, -0.1) is 0 Å². The maximum Gasteiger partial charge on any atom is 0.232 e. The number of nitrogens with two attached hydrogens (primary N) is 1. The van der Waals surface area contributed by atoms with Gasteiger partial charge in [-0.1, -0.05) is 0 Å². The van der Waals surface area contributed by atoms with Gasteiger partial charge >= 0.3 is 0 Å². The summed E-state index contributed by atoms with van der Waals surface area (Å²) in [5.41, 5.74) is 5.58. The Morgan fingerprint density at radius 3 is 2.22 bits per heavy atom.